The van der Waals surface area contributed by atoms with Gasteiger partial charge >= 0.3 is 0 Å². The van der Waals surface area contributed by atoms with E-state index in [0.717, 1.165) is 35.5 Å². The molecule has 3 rings (SSSR count). The van der Waals surface area contributed by atoms with Crippen LogP contribution in [0.4, 0.5) is 0 Å². The molecule has 0 aliphatic heterocycles. The van der Waals surface area contributed by atoms with Gasteiger partial charge in [0, 0.05) is 0 Å². The maximum Gasteiger partial charge on any atom is -0.0206 e. The lowest BCUT2D eigenvalue weighted by molar-refractivity contribution is 0.219. The summed E-state index contributed by atoms with van der Waals surface area (Å²) in [7, 11) is 0. The summed E-state index contributed by atoms with van der Waals surface area (Å²) >= 11 is 0. The van der Waals surface area contributed by atoms with Gasteiger partial charge in [-0.05, 0) is 93.8 Å². The molecule has 0 heteroatoms. The second-order valence-corrected chi connectivity index (χ2v) is 11.5. The molecule has 3 fully saturated rings. The molecule has 0 radical (unpaired) electrons. The van der Waals surface area contributed by atoms with E-state index in [0.29, 0.717) is 0 Å². The van der Waals surface area contributed by atoms with Crippen molar-refractivity contribution in [3.8, 4) is 0 Å². The Morgan fingerprint density at radius 2 is 0.931 bits per heavy atom. The van der Waals surface area contributed by atoms with Gasteiger partial charge in [-0.3, -0.25) is 0 Å². The first-order chi connectivity index (χ1) is 14.2. The summed E-state index contributed by atoms with van der Waals surface area (Å²) in [5.74, 6) is 6.07. The molecule has 3 saturated carbocycles. The lowest BCUT2D eigenvalue weighted by atomic mass is 9.73. The van der Waals surface area contributed by atoms with E-state index in [-0.39, 0.29) is 0 Å². The minimum atomic E-state index is 0.906. The molecule has 0 heterocycles. The molecule has 0 spiro atoms. The number of hydrogen-bond acceptors (Lipinski definition) is 0. The topological polar surface area (TPSA) is 0 Å². The average Bonchev–Trinajstić information content (AvgIpc) is 2.75. The molecule has 3 aliphatic rings. The lowest BCUT2D eigenvalue weighted by Gasteiger charge is -2.33. The molecule has 0 saturated heterocycles. The van der Waals surface area contributed by atoms with Crippen LogP contribution in [0.3, 0.4) is 0 Å². The first kappa shape index (κ1) is 23.4. The van der Waals surface area contributed by atoms with Crippen molar-refractivity contribution in [3.05, 3.63) is 11.6 Å². The van der Waals surface area contributed by atoms with E-state index >= 15 is 0 Å². The van der Waals surface area contributed by atoms with E-state index in [2.05, 4.69) is 26.8 Å². The monoisotopic (exact) mass is 400 g/mol. The minimum Gasteiger partial charge on any atom is -0.0822 e. The van der Waals surface area contributed by atoms with Gasteiger partial charge in [0.1, 0.15) is 0 Å². The minimum absolute atomic E-state index is 0.906. The molecule has 168 valence electrons. The van der Waals surface area contributed by atoms with Crippen LogP contribution in [0, 0.1) is 35.5 Å². The van der Waals surface area contributed by atoms with Crippen LogP contribution in [0.25, 0.3) is 0 Å². The summed E-state index contributed by atoms with van der Waals surface area (Å²) in [5.41, 5.74) is 1.76. The smallest absolute Gasteiger partial charge is 0.0206 e. The van der Waals surface area contributed by atoms with Crippen LogP contribution in [0.15, 0.2) is 11.6 Å². The fraction of sp³-hybridized carbons (Fsp3) is 0.931. The molecule has 0 aromatic heterocycles. The number of rotatable bonds is 9. The maximum absolute atomic E-state index is 2.72. The van der Waals surface area contributed by atoms with Crippen LogP contribution in [-0.2, 0) is 0 Å². The van der Waals surface area contributed by atoms with Gasteiger partial charge in [-0.25, -0.2) is 0 Å². The second-order valence-electron chi connectivity index (χ2n) is 11.5. The molecule has 0 atom stereocenters. The summed E-state index contributed by atoms with van der Waals surface area (Å²) in [6.07, 6.45) is 29.7. The van der Waals surface area contributed by atoms with Crippen molar-refractivity contribution in [2.24, 2.45) is 35.5 Å². The van der Waals surface area contributed by atoms with Crippen molar-refractivity contribution in [3.63, 3.8) is 0 Å². The van der Waals surface area contributed by atoms with Gasteiger partial charge in [0.2, 0.25) is 0 Å². The predicted molar refractivity (Wildman–Crippen MR) is 129 cm³/mol. The fourth-order valence-corrected chi connectivity index (χ4v) is 7.15. The highest BCUT2D eigenvalue weighted by Gasteiger charge is 2.26. The van der Waals surface area contributed by atoms with Crippen molar-refractivity contribution in [1.82, 2.24) is 0 Å². The van der Waals surface area contributed by atoms with Crippen molar-refractivity contribution in [2.45, 2.75) is 136 Å². The second kappa shape index (κ2) is 12.6. The first-order valence-corrected chi connectivity index (χ1v) is 13.9. The Morgan fingerprint density at radius 3 is 1.38 bits per heavy atom. The average molecular weight is 401 g/mol. The Balaban J connectivity index is 1.31. The van der Waals surface area contributed by atoms with Gasteiger partial charge in [-0.15, -0.1) is 0 Å². The Kier molecular flexibility index (Phi) is 10.1. The molecule has 29 heavy (non-hydrogen) atoms. The summed E-state index contributed by atoms with van der Waals surface area (Å²) in [6.45, 7) is 7.18. The quantitative estimate of drug-likeness (QED) is 0.338. The van der Waals surface area contributed by atoms with E-state index in [1.165, 1.54) is 89.9 Å². The van der Waals surface area contributed by atoms with Gasteiger partial charge in [0.25, 0.3) is 0 Å². The van der Waals surface area contributed by atoms with Crippen LogP contribution in [0.1, 0.15) is 136 Å². The third-order valence-electron chi connectivity index (χ3n) is 9.22. The number of hydrogen-bond donors (Lipinski definition) is 0. The standard InChI is InChI=1S/C29H52/c1-4-6-24-8-10-26(11-9-24)12-13-27-18-20-29(21-19-27)23(3)22-28-16-14-25(7-5-2)15-17-28/h22,24-29H,4-21H2,1-3H3/b23-22+. The van der Waals surface area contributed by atoms with Crippen LogP contribution >= 0.6 is 0 Å². The predicted octanol–water partition coefficient (Wildman–Crippen LogP) is 9.73. The highest BCUT2D eigenvalue weighted by atomic mass is 14.3. The molecule has 0 N–H and O–H groups in total. The molecule has 0 unspecified atom stereocenters. The molecule has 0 aromatic carbocycles. The van der Waals surface area contributed by atoms with Gasteiger partial charge in [0.05, 0.1) is 0 Å². The van der Waals surface area contributed by atoms with E-state index in [1.54, 1.807) is 31.3 Å². The van der Waals surface area contributed by atoms with Gasteiger partial charge in [-0.1, -0.05) is 89.7 Å². The van der Waals surface area contributed by atoms with Gasteiger partial charge in [-0.2, -0.15) is 0 Å². The van der Waals surface area contributed by atoms with Crippen molar-refractivity contribution in [2.75, 3.05) is 0 Å². The Bertz CT molecular complexity index is 450. The Labute approximate surface area is 183 Å². The zero-order valence-corrected chi connectivity index (χ0v) is 20.3. The lowest BCUT2D eigenvalue weighted by Crippen LogP contribution is -2.19. The number of allylic oxidation sites excluding steroid dienone is 2. The highest BCUT2D eigenvalue weighted by molar-refractivity contribution is 5.07. The molecule has 0 nitrogen and oxygen atoms in total. The molecule has 0 aromatic rings. The van der Waals surface area contributed by atoms with E-state index in [1.807, 2.05) is 0 Å². The third kappa shape index (κ3) is 7.74. The highest BCUT2D eigenvalue weighted by Crippen LogP contribution is 2.40. The first-order valence-electron chi connectivity index (χ1n) is 13.9. The molecular formula is C29H52. The normalized spacial score (nSPS) is 36.9. The molecule has 0 bridgehead atoms. The van der Waals surface area contributed by atoms with Crippen molar-refractivity contribution < 1.29 is 0 Å². The summed E-state index contributed by atoms with van der Waals surface area (Å²) < 4.78 is 0. The van der Waals surface area contributed by atoms with Crippen LogP contribution in [0.2, 0.25) is 0 Å². The van der Waals surface area contributed by atoms with Crippen LogP contribution in [-0.4, -0.2) is 0 Å². The van der Waals surface area contributed by atoms with Crippen molar-refractivity contribution in [1.29, 1.82) is 0 Å². The zero-order chi connectivity index (χ0) is 20.5. The summed E-state index contributed by atoms with van der Waals surface area (Å²) in [4.78, 5) is 0. The Hall–Kier alpha value is -0.260. The van der Waals surface area contributed by atoms with E-state index < -0.39 is 0 Å². The largest absolute Gasteiger partial charge is 0.0822 e. The SMILES string of the molecule is CCCC1CCC(/C=C(\C)C2CCC(CCC3CCC(CCC)CC3)CC2)CC1. The zero-order valence-electron chi connectivity index (χ0n) is 20.3. The summed E-state index contributed by atoms with van der Waals surface area (Å²) in [6, 6.07) is 0. The maximum atomic E-state index is 2.72. The molecular weight excluding hydrogens is 348 g/mol. The van der Waals surface area contributed by atoms with Crippen molar-refractivity contribution >= 4 is 0 Å². The van der Waals surface area contributed by atoms with E-state index in [9.17, 15) is 0 Å². The van der Waals surface area contributed by atoms with Crippen LogP contribution in [0.5, 0.6) is 0 Å². The van der Waals surface area contributed by atoms with Gasteiger partial charge < -0.3 is 0 Å². The molecule has 3 aliphatic carbocycles. The van der Waals surface area contributed by atoms with Crippen LogP contribution < -0.4 is 0 Å². The Morgan fingerprint density at radius 1 is 0.552 bits per heavy atom. The summed E-state index contributed by atoms with van der Waals surface area (Å²) in [5, 5.41) is 0. The van der Waals surface area contributed by atoms with E-state index in [4.69, 9.17) is 0 Å². The fourth-order valence-electron chi connectivity index (χ4n) is 7.15. The third-order valence-corrected chi connectivity index (χ3v) is 9.22. The molecule has 0 amide bonds. The van der Waals surface area contributed by atoms with Gasteiger partial charge in [0.15, 0.2) is 0 Å².